The third-order valence-corrected chi connectivity index (χ3v) is 4.49. The molecule has 0 aromatic heterocycles. The van der Waals surface area contributed by atoms with E-state index in [0.717, 1.165) is 24.0 Å². The topological polar surface area (TPSA) is 15.3 Å². The Morgan fingerprint density at radius 2 is 1.86 bits per heavy atom. The van der Waals surface area contributed by atoms with Gasteiger partial charge in [0, 0.05) is 24.7 Å². The summed E-state index contributed by atoms with van der Waals surface area (Å²) in [5.74, 6) is 1.04. The first-order valence-corrected chi connectivity index (χ1v) is 6.34. The molecule has 2 heteroatoms. The Hall–Kier alpha value is -0.0800. The highest BCUT2D eigenvalue weighted by molar-refractivity contribution is 4.98. The average Bonchev–Trinajstić information content (AvgIpc) is 2.91. The number of nitrogens with zero attached hydrogens (tertiary/aromatic N) is 1. The molecule has 3 fully saturated rings. The fraction of sp³-hybridized carbons (Fsp3) is 1.00. The van der Waals surface area contributed by atoms with E-state index in [4.69, 9.17) is 0 Å². The zero-order chi connectivity index (χ0) is 9.54. The van der Waals surface area contributed by atoms with Crippen molar-refractivity contribution in [2.45, 2.75) is 57.2 Å². The third kappa shape index (κ3) is 1.49. The van der Waals surface area contributed by atoms with Gasteiger partial charge >= 0.3 is 0 Å². The first-order valence-electron chi connectivity index (χ1n) is 6.34. The van der Waals surface area contributed by atoms with Gasteiger partial charge < -0.3 is 5.32 Å². The number of hydrogen-bond donors (Lipinski definition) is 1. The van der Waals surface area contributed by atoms with Crippen LogP contribution in [0.3, 0.4) is 0 Å². The fourth-order valence-electron chi connectivity index (χ4n) is 3.51. The van der Waals surface area contributed by atoms with Gasteiger partial charge in [-0.25, -0.2) is 0 Å². The highest BCUT2D eigenvalue weighted by atomic mass is 15.3. The molecule has 0 spiro atoms. The average molecular weight is 194 g/mol. The molecule has 2 bridgehead atoms. The molecular weight excluding hydrogens is 172 g/mol. The summed E-state index contributed by atoms with van der Waals surface area (Å²) < 4.78 is 0. The lowest BCUT2D eigenvalue weighted by molar-refractivity contribution is 0.131. The normalized spacial score (nSPS) is 40.9. The van der Waals surface area contributed by atoms with E-state index in [0.29, 0.717) is 0 Å². The van der Waals surface area contributed by atoms with Crippen molar-refractivity contribution < 1.29 is 0 Å². The summed E-state index contributed by atoms with van der Waals surface area (Å²) in [4.78, 5) is 2.86. The molecule has 3 atom stereocenters. The Kier molecular flexibility index (Phi) is 2.29. The van der Waals surface area contributed by atoms with E-state index < -0.39 is 0 Å². The van der Waals surface area contributed by atoms with Crippen molar-refractivity contribution in [1.82, 2.24) is 10.2 Å². The molecule has 2 aliphatic heterocycles. The summed E-state index contributed by atoms with van der Waals surface area (Å²) in [6.07, 6.45) is 7.26. The Morgan fingerprint density at radius 3 is 2.64 bits per heavy atom. The molecule has 2 heterocycles. The minimum Gasteiger partial charge on any atom is -0.315 e. The van der Waals surface area contributed by atoms with E-state index in [9.17, 15) is 0 Å². The van der Waals surface area contributed by atoms with Gasteiger partial charge in [0.05, 0.1) is 0 Å². The highest BCUT2D eigenvalue weighted by Gasteiger charge is 2.42. The van der Waals surface area contributed by atoms with Crippen LogP contribution in [0, 0.1) is 5.92 Å². The maximum atomic E-state index is 3.58. The Balaban J connectivity index is 1.75. The molecule has 0 amide bonds. The van der Waals surface area contributed by atoms with Crippen LogP contribution in [0.2, 0.25) is 0 Å². The SMILES string of the molecule is CC(C1CC1)N1[C@H]2CCNC[C@@H]1CC2. The van der Waals surface area contributed by atoms with Crippen LogP contribution in [0.25, 0.3) is 0 Å². The molecule has 3 aliphatic rings. The zero-order valence-corrected chi connectivity index (χ0v) is 9.21. The van der Waals surface area contributed by atoms with E-state index in [-0.39, 0.29) is 0 Å². The summed E-state index contributed by atoms with van der Waals surface area (Å²) in [7, 11) is 0. The van der Waals surface area contributed by atoms with Gasteiger partial charge in [0.25, 0.3) is 0 Å². The van der Waals surface area contributed by atoms with Crippen LogP contribution in [0.1, 0.15) is 39.0 Å². The van der Waals surface area contributed by atoms with E-state index in [1.165, 1.54) is 45.2 Å². The second-order valence-corrected chi connectivity index (χ2v) is 5.40. The van der Waals surface area contributed by atoms with Gasteiger partial charge in [-0.2, -0.15) is 0 Å². The third-order valence-electron chi connectivity index (χ3n) is 4.49. The second-order valence-electron chi connectivity index (χ2n) is 5.40. The lowest BCUT2D eigenvalue weighted by Crippen LogP contribution is -2.44. The highest BCUT2D eigenvalue weighted by Crippen LogP contribution is 2.40. The summed E-state index contributed by atoms with van der Waals surface area (Å²) in [5, 5.41) is 3.58. The molecule has 1 saturated carbocycles. The van der Waals surface area contributed by atoms with Crippen LogP contribution in [-0.2, 0) is 0 Å². The van der Waals surface area contributed by atoms with Crippen molar-refractivity contribution in [1.29, 1.82) is 0 Å². The van der Waals surface area contributed by atoms with E-state index in [1.807, 2.05) is 0 Å². The van der Waals surface area contributed by atoms with Crippen LogP contribution in [0.4, 0.5) is 0 Å². The minimum absolute atomic E-state index is 0.859. The van der Waals surface area contributed by atoms with Crippen molar-refractivity contribution in [3.05, 3.63) is 0 Å². The zero-order valence-electron chi connectivity index (χ0n) is 9.21. The molecule has 3 rings (SSSR count). The second kappa shape index (κ2) is 3.49. The van der Waals surface area contributed by atoms with Crippen LogP contribution in [-0.4, -0.2) is 36.1 Å². The quantitative estimate of drug-likeness (QED) is 0.718. The van der Waals surface area contributed by atoms with E-state index >= 15 is 0 Å². The molecule has 2 saturated heterocycles. The van der Waals surface area contributed by atoms with Gasteiger partial charge in [-0.1, -0.05) is 0 Å². The van der Waals surface area contributed by atoms with Crippen LogP contribution >= 0.6 is 0 Å². The Bertz CT molecular complexity index is 196. The van der Waals surface area contributed by atoms with Crippen molar-refractivity contribution in [3.63, 3.8) is 0 Å². The molecule has 0 aromatic rings. The fourth-order valence-corrected chi connectivity index (χ4v) is 3.51. The van der Waals surface area contributed by atoms with Crippen LogP contribution in [0.15, 0.2) is 0 Å². The number of hydrogen-bond acceptors (Lipinski definition) is 2. The molecule has 0 radical (unpaired) electrons. The first-order chi connectivity index (χ1) is 6.86. The molecule has 80 valence electrons. The van der Waals surface area contributed by atoms with Crippen molar-refractivity contribution in [2.24, 2.45) is 5.92 Å². The van der Waals surface area contributed by atoms with Gasteiger partial charge in [-0.15, -0.1) is 0 Å². The Labute approximate surface area is 87.0 Å². The predicted molar refractivity (Wildman–Crippen MR) is 58.3 cm³/mol. The molecule has 0 aromatic carbocycles. The number of rotatable bonds is 2. The number of fused-ring (bicyclic) bond motifs is 2. The van der Waals surface area contributed by atoms with Gasteiger partial charge in [-0.05, 0) is 51.5 Å². The standard InChI is InChI=1S/C12H22N2/c1-9(10-2-3-10)14-11-4-5-12(14)8-13-7-6-11/h9-13H,2-8H2,1H3/t9?,11-,12+/m1/s1. The number of nitrogens with one attached hydrogen (secondary N) is 1. The lowest BCUT2D eigenvalue weighted by Gasteiger charge is -2.34. The van der Waals surface area contributed by atoms with Crippen molar-refractivity contribution >= 4 is 0 Å². The summed E-state index contributed by atoms with van der Waals surface area (Å²) in [6, 6.07) is 2.64. The summed E-state index contributed by atoms with van der Waals surface area (Å²) in [5.41, 5.74) is 0. The molecular formula is C12H22N2. The smallest absolute Gasteiger partial charge is 0.0227 e. The lowest BCUT2D eigenvalue weighted by atomic mass is 10.1. The van der Waals surface area contributed by atoms with Crippen LogP contribution in [0.5, 0.6) is 0 Å². The van der Waals surface area contributed by atoms with Gasteiger partial charge in [0.2, 0.25) is 0 Å². The summed E-state index contributed by atoms with van der Waals surface area (Å²) >= 11 is 0. The summed E-state index contributed by atoms with van der Waals surface area (Å²) in [6.45, 7) is 4.96. The van der Waals surface area contributed by atoms with E-state index in [2.05, 4.69) is 17.1 Å². The molecule has 1 aliphatic carbocycles. The molecule has 14 heavy (non-hydrogen) atoms. The van der Waals surface area contributed by atoms with E-state index in [1.54, 1.807) is 0 Å². The monoisotopic (exact) mass is 194 g/mol. The predicted octanol–water partition coefficient (Wildman–Crippen LogP) is 1.61. The molecule has 2 nitrogen and oxygen atoms in total. The first kappa shape index (κ1) is 9.17. The minimum atomic E-state index is 0.859. The maximum absolute atomic E-state index is 3.58. The Morgan fingerprint density at radius 1 is 1.07 bits per heavy atom. The maximum Gasteiger partial charge on any atom is 0.0227 e. The largest absolute Gasteiger partial charge is 0.315 e. The molecule has 1 unspecified atom stereocenters. The van der Waals surface area contributed by atoms with Crippen molar-refractivity contribution in [2.75, 3.05) is 13.1 Å². The van der Waals surface area contributed by atoms with Gasteiger partial charge in [-0.3, -0.25) is 4.90 Å². The van der Waals surface area contributed by atoms with Crippen molar-refractivity contribution in [3.8, 4) is 0 Å². The van der Waals surface area contributed by atoms with Gasteiger partial charge in [0.15, 0.2) is 0 Å². The van der Waals surface area contributed by atoms with Gasteiger partial charge in [0.1, 0.15) is 0 Å². The van der Waals surface area contributed by atoms with Crippen LogP contribution < -0.4 is 5.32 Å². The molecule has 1 N–H and O–H groups in total.